The molecule has 5 nitrogen and oxygen atoms in total. The van der Waals surface area contributed by atoms with Crippen LogP contribution in [-0.2, 0) is 9.59 Å². The third-order valence-corrected chi connectivity index (χ3v) is 2.28. The molecule has 5 heteroatoms. The highest BCUT2D eigenvalue weighted by molar-refractivity contribution is 5.93. The Morgan fingerprint density at radius 1 is 1.26 bits per heavy atom. The van der Waals surface area contributed by atoms with E-state index in [1.807, 2.05) is 0 Å². The smallest absolute Gasteiger partial charge is 0.225 e. The lowest BCUT2D eigenvalue weighted by Crippen LogP contribution is -2.21. The Balaban J connectivity index is 2.45. The number of benzene rings is 1. The van der Waals surface area contributed by atoms with Crippen molar-refractivity contribution in [2.24, 2.45) is 0 Å². The van der Waals surface area contributed by atoms with Crippen LogP contribution in [0.3, 0.4) is 0 Å². The Morgan fingerprint density at radius 2 is 1.95 bits per heavy atom. The summed E-state index contributed by atoms with van der Waals surface area (Å²) in [5, 5.41) is 8.49. The van der Waals surface area contributed by atoms with E-state index in [0.717, 1.165) is 0 Å². The molecule has 0 atom stereocenters. The molecule has 1 aromatic carbocycles. The van der Waals surface area contributed by atoms with Gasteiger partial charge in [-0.3, -0.25) is 9.59 Å². The van der Waals surface area contributed by atoms with E-state index in [0.29, 0.717) is 30.9 Å². The normalized spacial score (nSPS) is 9.74. The molecule has 0 aliphatic rings. The summed E-state index contributed by atoms with van der Waals surface area (Å²) in [6.07, 6.45) is 2.13. The summed E-state index contributed by atoms with van der Waals surface area (Å²) >= 11 is 0. The van der Waals surface area contributed by atoms with Gasteiger partial charge < -0.3 is 16.0 Å². The summed E-state index contributed by atoms with van der Waals surface area (Å²) in [6, 6.07) is 7.04. The Bertz CT molecular complexity index is 458. The highest BCUT2D eigenvalue weighted by Crippen LogP contribution is 2.15. The van der Waals surface area contributed by atoms with Crippen LogP contribution in [0, 0.1) is 0 Å². The fourth-order valence-corrected chi connectivity index (χ4v) is 1.51. The van der Waals surface area contributed by atoms with Crippen LogP contribution in [0.1, 0.15) is 13.3 Å². The van der Waals surface area contributed by atoms with Crippen LogP contribution in [0.25, 0.3) is 0 Å². The van der Waals surface area contributed by atoms with E-state index in [-0.39, 0.29) is 11.8 Å². The van der Waals surface area contributed by atoms with Gasteiger partial charge in [-0.15, -0.1) is 6.58 Å². The molecule has 19 heavy (non-hydrogen) atoms. The van der Waals surface area contributed by atoms with E-state index < -0.39 is 0 Å². The van der Waals surface area contributed by atoms with Crippen LogP contribution in [0.5, 0.6) is 0 Å². The number of carbonyl (C=O) groups is 2. The number of nitrogens with one attached hydrogen (secondary N) is 3. The van der Waals surface area contributed by atoms with Crippen molar-refractivity contribution in [1.29, 1.82) is 0 Å². The van der Waals surface area contributed by atoms with Crippen molar-refractivity contribution in [3.05, 3.63) is 36.9 Å². The first-order chi connectivity index (χ1) is 9.11. The van der Waals surface area contributed by atoms with Crippen LogP contribution in [-0.4, -0.2) is 24.9 Å². The molecule has 0 aromatic heterocycles. The van der Waals surface area contributed by atoms with Gasteiger partial charge in [-0.2, -0.15) is 0 Å². The van der Waals surface area contributed by atoms with Gasteiger partial charge >= 0.3 is 0 Å². The van der Waals surface area contributed by atoms with Crippen LogP contribution in [0.2, 0.25) is 0 Å². The maximum absolute atomic E-state index is 11.6. The molecule has 0 saturated carbocycles. The lowest BCUT2D eigenvalue weighted by atomic mass is 10.2. The third-order valence-electron chi connectivity index (χ3n) is 2.28. The predicted molar refractivity (Wildman–Crippen MR) is 77.1 cm³/mol. The lowest BCUT2D eigenvalue weighted by Gasteiger charge is -2.08. The van der Waals surface area contributed by atoms with Crippen molar-refractivity contribution in [3.63, 3.8) is 0 Å². The number of anilines is 2. The maximum Gasteiger partial charge on any atom is 0.225 e. The Labute approximate surface area is 113 Å². The van der Waals surface area contributed by atoms with E-state index >= 15 is 0 Å². The second-order valence-electron chi connectivity index (χ2n) is 4.05. The minimum Gasteiger partial charge on any atom is -0.326 e. The summed E-state index contributed by atoms with van der Waals surface area (Å²) in [7, 11) is 0. The van der Waals surface area contributed by atoms with Gasteiger partial charge in [-0.05, 0) is 18.2 Å². The fourth-order valence-electron chi connectivity index (χ4n) is 1.51. The van der Waals surface area contributed by atoms with E-state index in [9.17, 15) is 9.59 Å². The molecule has 0 bridgehead atoms. The number of hydrogen-bond donors (Lipinski definition) is 3. The molecular weight excluding hydrogens is 242 g/mol. The first-order valence-corrected chi connectivity index (χ1v) is 6.11. The molecule has 0 fully saturated rings. The van der Waals surface area contributed by atoms with Gasteiger partial charge in [0, 0.05) is 37.8 Å². The molecule has 2 amide bonds. The zero-order valence-electron chi connectivity index (χ0n) is 11.0. The summed E-state index contributed by atoms with van der Waals surface area (Å²) in [5.74, 6) is -0.214. The van der Waals surface area contributed by atoms with Crippen LogP contribution in [0.4, 0.5) is 11.4 Å². The Morgan fingerprint density at radius 3 is 2.58 bits per heavy atom. The molecule has 102 valence electrons. The van der Waals surface area contributed by atoms with Crippen LogP contribution < -0.4 is 16.0 Å². The third kappa shape index (κ3) is 6.38. The van der Waals surface area contributed by atoms with Crippen LogP contribution in [0.15, 0.2) is 36.9 Å². The molecule has 3 N–H and O–H groups in total. The van der Waals surface area contributed by atoms with Crippen molar-refractivity contribution in [2.75, 3.05) is 23.7 Å². The first kappa shape index (κ1) is 14.9. The van der Waals surface area contributed by atoms with Gasteiger partial charge in [-0.25, -0.2) is 0 Å². The predicted octanol–water partition coefficient (Wildman–Crippen LogP) is 1.75. The molecule has 1 aromatic rings. The minimum atomic E-state index is -0.142. The molecular formula is C14H19N3O2. The summed E-state index contributed by atoms with van der Waals surface area (Å²) < 4.78 is 0. The Kier molecular flexibility index (Phi) is 6.32. The highest BCUT2D eigenvalue weighted by Gasteiger charge is 2.03. The molecule has 0 saturated heterocycles. The summed E-state index contributed by atoms with van der Waals surface area (Å²) in [6.45, 7) is 6.31. The summed E-state index contributed by atoms with van der Waals surface area (Å²) in [4.78, 5) is 22.6. The van der Waals surface area contributed by atoms with Gasteiger partial charge in [-0.1, -0.05) is 12.1 Å². The zero-order valence-corrected chi connectivity index (χ0v) is 11.0. The van der Waals surface area contributed by atoms with Crippen molar-refractivity contribution in [2.45, 2.75) is 13.3 Å². The number of amides is 2. The topological polar surface area (TPSA) is 70.2 Å². The standard InChI is InChI=1S/C14H19N3O2/c1-3-8-15-9-7-14(19)17-13-6-4-5-12(10-13)16-11(2)18/h3-6,10,15H,1,7-9H2,2H3,(H,16,18)(H,17,19). The van der Waals surface area contributed by atoms with Crippen molar-refractivity contribution in [1.82, 2.24) is 5.32 Å². The zero-order chi connectivity index (χ0) is 14.1. The van der Waals surface area contributed by atoms with E-state index in [2.05, 4.69) is 22.5 Å². The quantitative estimate of drug-likeness (QED) is 0.517. The van der Waals surface area contributed by atoms with E-state index in [1.54, 1.807) is 30.3 Å². The van der Waals surface area contributed by atoms with Gasteiger partial charge in [0.15, 0.2) is 0 Å². The number of rotatable bonds is 7. The number of carbonyl (C=O) groups excluding carboxylic acids is 2. The number of hydrogen-bond acceptors (Lipinski definition) is 3. The molecule has 0 aliphatic heterocycles. The molecule has 1 rings (SSSR count). The molecule has 0 unspecified atom stereocenters. The van der Waals surface area contributed by atoms with E-state index in [1.165, 1.54) is 6.92 Å². The highest BCUT2D eigenvalue weighted by atomic mass is 16.2. The second kappa shape index (κ2) is 8.05. The second-order valence-corrected chi connectivity index (χ2v) is 4.05. The molecule has 0 radical (unpaired) electrons. The lowest BCUT2D eigenvalue weighted by molar-refractivity contribution is -0.116. The average molecular weight is 261 g/mol. The Hall–Kier alpha value is -2.14. The van der Waals surface area contributed by atoms with Crippen LogP contribution >= 0.6 is 0 Å². The molecule has 0 aliphatic carbocycles. The van der Waals surface area contributed by atoms with Gasteiger partial charge in [0.2, 0.25) is 11.8 Å². The van der Waals surface area contributed by atoms with Gasteiger partial charge in [0.05, 0.1) is 0 Å². The average Bonchev–Trinajstić information content (AvgIpc) is 2.34. The van der Waals surface area contributed by atoms with Gasteiger partial charge in [0.1, 0.15) is 0 Å². The maximum atomic E-state index is 11.6. The van der Waals surface area contributed by atoms with Crippen molar-refractivity contribution < 1.29 is 9.59 Å². The minimum absolute atomic E-state index is 0.0727. The molecule has 0 spiro atoms. The SMILES string of the molecule is C=CCNCCC(=O)Nc1cccc(NC(C)=O)c1. The largest absolute Gasteiger partial charge is 0.326 e. The van der Waals surface area contributed by atoms with Crippen molar-refractivity contribution >= 4 is 23.2 Å². The molecule has 0 heterocycles. The first-order valence-electron chi connectivity index (χ1n) is 6.11. The fraction of sp³-hybridized carbons (Fsp3) is 0.286. The van der Waals surface area contributed by atoms with Crippen molar-refractivity contribution in [3.8, 4) is 0 Å². The van der Waals surface area contributed by atoms with Gasteiger partial charge in [0.25, 0.3) is 0 Å². The monoisotopic (exact) mass is 261 g/mol. The van der Waals surface area contributed by atoms with E-state index in [4.69, 9.17) is 0 Å². The summed E-state index contributed by atoms with van der Waals surface area (Å²) in [5.41, 5.74) is 1.33.